The van der Waals surface area contributed by atoms with Crippen molar-refractivity contribution in [3.63, 3.8) is 0 Å². The predicted octanol–water partition coefficient (Wildman–Crippen LogP) is 4.44. The standard InChI is InChI=1S/C22H24N2O3/c1-13-14(2)23-19-7-5-17(11-18(13)19)22(25)24-15(3)16-6-8-20-21(12-16)27-10-4-9-26-20/h5-8,11-12,15,23H,4,9-10H2,1-3H3,(H,24,25). The Morgan fingerprint density at radius 2 is 1.85 bits per heavy atom. The number of hydrogen-bond acceptors (Lipinski definition) is 3. The third-order valence-electron chi connectivity index (χ3n) is 5.19. The van der Waals surface area contributed by atoms with Crippen molar-refractivity contribution in [1.29, 1.82) is 0 Å². The summed E-state index contributed by atoms with van der Waals surface area (Å²) in [7, 11) is 0. The van der Waals surface area contributed by atoms with Crippen molar-refractivity contribution in [2.75, 3.05) is 13.2 Å². The first-order chi connectivity index (χ1) is 13.0. The summed E-state index contributed by atoms with van der Waals surface area (Å²) in [6.07, 6.45) is 0.872. The van der Waals surface area contributed by atoms with E-state index in [1.54, 1.807) is 0 Å². The van der Waals surface area contributed by atoms with E-state index in [-0.39, 0.29) is 11.9 Å². The number of aromatic nitrogens is 1. The number of amides is 1. The van der Waals surface area contributed by atoms with Gasteiger partial charge in [0.2, 0.25) is 0 Å². The summed E-state index contributed by atoms with van der Waals surface area (Å²) in [5, 5.41) is 4.17. The molecule has 2 N–H and O–H groups in total. The molecule has 0 bridgehead atoms. The van der Waals surface area contributed by atoms with E-state index in [9.17, 15) is 4.79 Å². The Balaban J connectivity index is 1.54. The zero-order valence-electron chi connectivity index (χ0n) is 15.9. The minimum atomic E-state index is -0.139. The summed E-state index contributed by atoms with van der Waals surface area (Å²) >= 11 is 0. The van der Waals surface area contributed by atoms with Crippen molar-refractivity contribution in [2.45, 2.75) is 33.2 Å². The van der Waals surface area contributed by atoms with E-state index in [4.69, 9.17) is 9.47 Å². The topological polar surface area (TPSA) is 63.4 Å². The van der Waals surface area contributed by atoms with Crippen molar-refractivity contribution >= 4 is 16.8 Å². The lowest BCUT2D eigenvalue weighted by molar-refractivity contribution is 0.0940. The number of rotatable bonds is 3. The number of carbonyl (C=O) groups excluding carboxylic acids is 1. The molecule has 0 fully saturated rings. The van der Waals surface area contributed by atoms with Crippen LogP contribution in [-0.4, -0.2) is 24.1 Å². The molecule has 2 aromatic carbocycles. The molecule has 0 saturated heterocycles. The predicted molar refractivity (Wildman–Crippen MR) is 106 cm³/mol. The molecule has 1 unspecified atom stereocenters. The first kappa shape index (κ1) is 17.5. The van der Waals surface area contributed by atoms with Gasteiger partial charge in [0.05, 0.1) is 19.3 Å². The summed E-state index contributed by atoms with van der Waals surface area (Å²) in [6.45, 7) is 7.39. The second-order valence-electron chi connectivity index (χ2n) is 7.09. The minimum Gasteiger partial charge on any atom is -0.490 e. The van der Waals surface area contributed by atoms with Crippen LogP contribution in [0.2, 0.25) is 0 Å². The average Bonchev–Trinajstić information content (AvgIpc) is 2.84. The maximum absolute atomic E-state index is 12.8. The molecular formula is C22H24N2O3. The molecule has 140 valence electrons. The fraction of sp³-hybridized carbons (Fsp3) is 0.318. The van der Waals surface area contributed by atoms with Crippen LogP contribution in [0.5, 0.6) is 11.5 Å². The zero-order valence-corrected chi connectivity index (χ0v) is 15.9. The van der Waals surface area contributed by atoms with Gasteiger partial charge in [-0.05, 0) is 62.2 Å². The van der Waals surface area contributed by atoms with Crippen molar-refractivity contribution in [3.05, 3.63) is 58.8 Å². The molecule has 1 aromatic heterocycles. The van der Waals surface area contributed by atoms with Crippen molar-refractivity contribution < 1.29 is 14.3 Å². The monoisotopic (exact) mass is 364 g/mol. The molecule has 27 heavy (non-hydrogen) atoms. The minimum absolute atomic E-state index is 0.0882. The smallest absolute Gasteiger partial charge is 0.251 e. The molecule has 0 aliphatic carbocycles. The van der Waals surface area contributed by atoms with Crippen LogP contribution in [0, 0.1) is 13.8 Å². The molecule has 5 nitrogen and oxygen atoms in total. The molecule has 4 rings (SSSR count). The molecule has 0 saturated carbocycles. The average molecular weight is 364 g/mol. The molecule has 5 heteroatoms. The SMILES string of the molecule is Cc1[nH]c2ccc(C(=O)NC(C)c3ccc4c(c3)OCCCO4)cc2c1C. The number of H-pyrrole nitrogens is 1. The van der Waals surface area contributed by atoms with Crippen LogP contribution in [0.25, 0.3) is 10.9 Å². The number of benzene rings is 2. The zero-order chi connectivity index (χ0) is 19.0. The highest BCUT2D eigenvalue weighted by molar-refractivity contribution is 5.99. The Morgan fingerprint density at radius 3 is 2.67 bits per heavy atom. The van der Waals surface area contributed by atoms with E-state index in [0.717, 1.165) is 40.1 Å². The van der Waals surface area contributed by atoms with Gasteiger partial charge in [-0.15, -0.1) is 0 Å². The Labute approximate surface area is 158 Å². The molecule has 0 radical (unpaired) electrons. The van der Waals surface area contributed by atoms with E-state index >= 15 is 0 Å². The Hall–Kier alpha value is -2.95. The van der Waals surface area contributed by atoms with Gasteiger partial charge in [-0.2, -0.15) is 0 Å². The summed E-state index contributed by atoms with van der Waals surface area (Å²) in [5.41, 5.74) is 5.00. The van der Waals surface area contributed by atoms with Crippen LogP contribution in [0.3, 0.4) is 0 Å². The van der Waals surface area contributed by atoms with Crippen LogP contribution in [0.4, 0.5) is 0 Å². The molecule has 1 aliphatic heterocycles. The number of nitrogens with one attached hydrogen (secondary N) is 2. The highest BCUT2D eigenvalue weighted by atomic mass is 16.5. The van der Waals surface area contributed by atoms with E-state index in [2.05, 4.69) is 17.2 Å². The molecular weight excluding hydrogens is 340 g/mol. The Morgan fingerprint density at radius 1 is 1.07 bits per heavy atom. The maximum Gasteiger partial charge on any atom is 0.251 e. The lowest BCUT2D eigenvalue weighted by Crippen LogP contribution is -2.26. The Bertz CT molecular complexity index is 1010. The van der Waals surface area contributed by atoms with Crippen LogP contribution in [-0.2, 0) is 0 Å². The van der Waals surface area contributed by atoms with Gasteiger partial charge >= 0.3 is 0 Å². The molecule has 1 aliphatic rings. The van der Waals surface area contributed by atoms with Gasteiger partial charge in [0.15, 0.2) is 11.5 Å². The summed E-state index contributed by atoms with van der Waals surface area (Å²) in [4.78, 5) is 16.1. The quantitative estimate of drug-likeness (QED) is 0.722. The number of fused-ring (bicyclic) bond motifs is 2. The van der Waals surface area contributed by atoms with Crippen molar-refractivity contribution in [3.8, 4) is 11.5 Å². The highest BCUT2D eigenvalue weighted by Gasteiger charge is 2.16. The van der Waals surface area contributed by atoms with Crippen molar-refractivity contribution in [2.24, 2.45) is 0 Å². The summed E-state index contributed by atoms with van der Waals surface area (Å²) in [5.74, 6) is 1.42. The number of hydrogen-bond donors (Lipinski definition) is 2. The molecule has 2 heterocycles. The van der Waals surface area contributed by atoms with E-state index in [1.807, 2.05) is 50.2 Å². The van der Waals surface area contributed by atoms with Crippen molar-refractivity contribution in [1.82, 2.24) is 10.3 Å². The van der Waals surface area contributed by atoms with E-state index in [0.29, 0.717) is 18.8 Å². The molecule has 1 atom stereocenters. The Kier molecular flexibility index (Phi) is 4.52. The van der Waals surface area contributed by atoms with Gasteiger partial charge in [0.25, 0.3) is 5.91 Å². The second kappa shape index (κ2) is 6.99. The maximum atomic E-state index is 12.8. The highest BCUT2D eigenvalue weighted by Crippen LogP contribution is 2.32. The fourth-order valence-electron chi connectivity index (χ4n) is 3.42. The van der Waals surface area contributed by atoms with Gasteiger partial charge in [-0.25, -0.2) is 0 Å². The van der Waals surface area contributed by atoms with Gasteiger partial charge < -0.3 is 19.8 Å². The van der Waals surface area contributed by atoms with Crippen LogP contribution in [0.15, 0.2) is 36.4 Å². The second-order valence-corrected chi connectivity index (χ2v) is 7.09. The van der Waals surface area contributed by atoms with Crippen LogP contribution >= 0.6 is 0 Å². The lowest BCUT2D eigenvalue weighted by Gasteiger charge is -2.16. The number of carbonyl (C=O) groups is 1. The van der Waals surface area contributed by atoms with Crippen LogP contribution in [0.1, 0.15) is 46.6 Å². The first-order valence-corrected chi connectivity index (χ1v) is 9.32. The summed E-state index contributed by atoms with van der Waals surface area (Å²) in [6, 6.07) is 11.5. The third-order valence-corrected chi connectivity index (χ3v) is 5.19. The molecule has 0 spiro atoms. The first-order valence-electron chi connectivity index (χ1n) is 9.32. The lowest BCUT2D eigenvalue weighted by atomic mass is 10.1. The number of aromatic amines is 1. The molecule has 3 aromatic rings. The van der Waals surface area contributed by atoms with Gasteiger partial charge in [-0.1, -0.05) is 6.07 Å². The van der Waals surface area contributed by atoms with Gasteiger partial charge in [0, 0.05) is 28.6 Å². The van der Waals surface area contributed by atoms with Gasteiger partial charge in [0.1, 0.15) is 0 Å². The number of ether oxygens (including phenoxy) is 2. The van der Waals surface area contributed by atoms with E-state index < -0.39 is 0 Å². The summed E-state index contributed by atoms with van der Waals surface area (Å²) < 4.78 is 11.4. The molecule has 1 amide bonds. The fourth-order valence-corrected chi connectivity index (χ4v) is 3.42. The normalized spacial score (nSPS) is 14.6. The van der Waals surface area contributed by atoms with Crippen LogP contribution < -0.4 is 14.8 Å². The van der Waals surface area contributed by atoms with Gasteiger partial charge in [-0.3, -0.25) is 4.79 Å². The third kappa shape index (κ3) is 3.37. The number of aryl methyl sites for hydroxylation is 2. The van der Waals surface area contributed by atoms with E-state index in [1.165, 1.54) is 5.56 Å². The largest absolute Gasteiger partial charge is 0.490 e.